The molecule has 176 valence electrons. The molecule has 1 atom stereocenters. The fourth-order valence-electron chi connectivity index (χ4n) is 3.71. The van der Waals surface area contributed by atoms with Crippen molar-refractivity contribution >= 4 is 33.0 Å². The average molecular weight is 513 g/mol. The van der Waals surface area contributed by atoms with E-state index in [2.05, 4.69) is 4.90 Å². The highest BCUT2D eigenvalue weighted by atomic mass is 35.5. The minimum absolute atomic E-state index is 0.122. The second kappa shape index (κ2) is 10.6. The smallest absolute Gasteiger partial charge is 0.252 e. The molecule has 0 spiro atoms. The zero-order chi connectivity index (χ0) is 23.4. The van der Waals surface area contributed by atoms with Gasteiger partial charge >= 0.3 is 0 Å². The molecule has 0 saturated carbocycles. The first kappa shape index (κ1) is 24.3. The summed E-state index contributed by atoms with van der Waals surface area (Å²) < 4.78 is 61.5. The number of thiophene rings is 1. The lowest BCUT2D eigenvalue weighted by Crippen LogP contribution is -2.49. The van der Waals surface area contributed by atoms with Crippen LogP contribution in [0.15, 0.2) is 64.2 Å². The minimum atomic E-state index is -3.49. The van der Waals surface area contributed by atoms with Gasteiger partial charge < -0.3 is 4.74 Å². The maximum Gasteiger partial charge on any atom is 0.252 e. The van der Waals surface area contributed by atoms with E-state index in [0.29, 0.717) is 42.0 Å². The Morgan fingerprint density at radius 3 is 2.24 bits per heavy atom. The molecule has 5 nitrogen and oxygen atoms in total. The van der Waals surface area contributed by atoms with Crippen molar-refractivity contribution in [2.45, 2.75) is 16.9 Å². The molecule has 0 bridgehead atoms. The molecule has 1 fully saturated rings. The highest BCUT2D eigenvalue weighted by molar-refractivity contribution is 7.91. The molecule has 3 aromatic rings. The van der Waals surface area contributed by atoms with Crippen molar-refractivity contribution in [3.63, 3.8) is 0 Å². The molecule has 4 rings (SSSR count). The van der Waals surface area contributed by atoms with E-state index in [-0.39, 0.29) is 12.2 Å². The maximum atomic E-state index is 14.1. The summed E-state index contributed by atoms with van der Waals surface area (Å²) in [4.78, 5) is 2.09. The van der Waals surface area contributed by atoms with Gasteiger partial charge in [0.05, 0.1) is 12.7 Å². The molecular weight excluding hydrogens is 490 g/mol. The third-order valence-electron chi connectivity index (χ3n) is 5.58. The van der Waals surface area contributed by atoms with Crippen LogP contribution in [0.25, 0.3) is 0 Å². The van der Waals surface area contributed by atoms with E-state index in [1.807, 2.05) is 12.1 Å². The summed E-state index contributed by atoms with van der Waals surface area (Å²) in [5.41, 5.74) is 0.702. The van der Waals surface area contributed by atoms with Crippen LogP contribution >= 0.6 is 22.9 Å². The predicted octanol–water partition coefficient (Wildman–Crippen LogP) is 4.94. The Bertz CT molecular complexity index is 1150. The molecule has 1 saturated heterocycles. The van der Waals surface area contributed by atoms with Gasteiger partial charge in [-0.05, 0) is 41.3 Å². The average Bonchev–Trinajstić information content (AvgIpc) is 3.35. The van der Waals surface area contributed by atoms with Crippen molar-refractivity contribution in [1.82, 2.24) is 9.21 Å². The number of ether oxygens (including phenoxy) is 1. The summed E-state index contributed by atoms with van der Waals surface area (Å²) in [5, 5.41) is 2.32. The van der Waals surface area contributed by atoms with E-state index >= 15 is 0 Å². The molecule has 33 heavy (non-hydrogen) atoms. The quantitative estimate of drug-likeness (QED) is 0.429. The molecule has 0 aliphatic carbocycles. The highest BCUT2D eigenvalue weighted by Crippen LogP contribution is 2.26. The van der Waals surface area contributed by atoms with E-state index in [1.54, 1.807) is 29.6 Å². The van der Waals surface area contributed by atoms with E-state index < -0.39 is 27.8 Å². The number of benzene rings is 2. The third-order valence-corrected chi connectivity index (χ3v) is 9.10. The van der Waals surface area contributed by atoms with Gasteiger partial charge in [0.2, 0.25) is 0 Å². The number of rotatable bonds is 8. The lowest BCUT2D eigenvalue weighted by atomic mass is 10.1. The Hall–Kier alpha value is -1.88. The number of sulfonamides is 1. The minimum Gasteiger partial charge on any atom is -0.367 e. The number of piperazine rings is 1. The summed E-state index contributed by atoms with van der Waals surface area (Å²) in [6, 6.07) is 14.2. The number of nitrogens with zero attached hydrogens (tertiary/aromatic N) is 2. The van der Waals surface area contributed by atoms with Crippen LogP contribution < -0.4 is 0 Å². The standard InChI is InChI=1S/C23H23ClF2N2O3S2/c24-18-8-6-17(7-9-18)22(31-16-19-20(25)3-1-4-21(19)26)15-27-10-12-28(13-11-27)33(29,30)23-5-2-14-32-23/h1-9,14,22H,10-13,15-16H2. The first-order chi connectivity index (χ1) is 15.8. The van der Waals surface area contributed by atoms with E-state index in [9.17, 15) is 17.2 Å². The van der Waals surface area contributed by atoms with Gasteiger partial charge in [0, 0.05) is 43.3 Å². The zero-order valence-corrected chi connectivity index (χ0v) is 20.1. The number of hydrogen-bond donors (Lipinski definition) is 0. The van der Waals surface area contributed by atoms with Gasteiger partial charge in [0.25, 0.3) is 10.0 Å². The first-order valence-electron chi connectivity index (χ1n) is 10.4. The lowest BCUT2D eigenvalue weighted by molar-refractivity contribution is 0.00547. The molecule has 0 N–H and O–H groups in total. The van der Waals surface area contributed by atoms with Crippen molar-refractivity contribution in [3.05, 3.63) is 87.8 Å². The van der Waals surface area contributed by atoms with Gasteiger partial charge in [-0.2, -0.15) is 4.31 Å². The third kappa shape index (κ3) is 5.79. The highest BCUT2D eigenvalue weighted by Gasteiger charge is 2.30. The number of halogens is 3. The fourth-order valence-corrected chi connectivity index (χ4v) is 6.40. The van der Waals surface area contributed by atoms with E-state index in [0.717, 1.165) is 5.56 Å². The molecule has 2 heterocycles. The van der Waals surface area contributed by atoms with Crippen molar-refractivity contribution in [2.75, 3.05) is 32.7 Å². The summed E-state index contributed by atoms with van der Waals surface area (Å²) in [6.45, 7) is 1.98. The van der Waals surface area contributed by atoms with Crippen LogP contribution in [0.3, 0.4) is 0 Å². The molecule has 2 aromatic carbocycles. The van der Waals surface area contributed by atoms with Crippen LogP contribution in [-0.2, 0) is 21.4 Å². The molecule has 1 aromatic heterocycles. The number of hydrogen-bond acceptors (Lipinski definition) is 5. The van der Waals surface area contributed by atoms with Gasteiger partial charge in [-0.15, -0.1) is 11.3 Å². The Balaban J connectivity index is 1.44. The second-order valence-corrected chi connectivity index (χ2v) is 11.2. The molecule has 10 heteroatoms. The van der Waals surface area contributed by atoms with Crippen molar-refractivity contribution < 1.29 is 21.9 Å². The van der Waals surface area contributed by atoms with Gasteiger partial charge in [-0.3, -0.25) is 4.90 Å². The summed E-state index contributed by atoms with van der Waals surface area (Å²) >= 11 is 7.22. The van der Waals surface area contributed by atoms with Crippen LogP contribution in [-0.4, -0.2) is 50.3 Å². The van der Waals surface area contributed by atoms with Crippen LogP contribution in [0.1, 0.15) is 17.2 Å². The van der Waals surface area contributed by atoms with Crippen LogP contribution in [0.4, 0.5) is 8.78 Å². The maximum absolute atomic E-state index is 14.1. The zero-order valence-electron chi connectivity index (χ0n) is 17.7. The van der Waals surface area contributed by atoms with Gasteiger partial charge in [-0.25, -0.2) is 17.2 Å². The van der Waals surface area contributed by atoms with E-state index in [4.69, 9.17) is 16.3 Å². The normalized spacial score (nSPS) is 16.7. The van der Waals surface area contributed by atoms with Crippen LogP contribution in [0, 0.1) is 11.6 Å². The Kier molecular flexibility index (Phi) is 7.78. The molecular formula is C23H23ClF2N2O3S2. The largest absolute Gasteiger partial charge is 0.367 e. The van der Waals surface area contributed by atoms with Crippen molar-refractivity contribution in [2.24, 2.45) is 0 Å². The Labute approximate surface area is 201 Å². The Morgan fingerprint density at radius 2 is 1.64 bits per heavy atom. The van der Waals surface area contributed by atoms with Gasteiger partial charge in [0.15, 0.2) is 0 Å². The van der Waals surface area contributed by atoms with E-state index in [1.165, 1.54) is 33.8 Å². The SMILES string of the molecule is O=S(=O)(c1cccs1)N1CCN(CC(OCc2c(F)cccc2F)c2ccc(Cl)cc2)CC1. The monoisotopic (exact) mass is 512 g/mol. The van der Waals surface area contributed by atoms with Crippen molar-refractivity contribution in [3.8, 4) is 0 Å². The summed E-state index contributed by atoms with van der Waals surface area (Å²) in [7, 11) is -3.49. The van der Waals surface area contributed by atoms with Crippen LogP contribution in [0.2, 0.25) is 5.02 Å². The summed E-state index contributed by atoms with van der Waals surface area (Å²) in [5.74, 6) is -1.31. The van der Waals surface area contributed by atoms with Gasteiger partial charge in [0.1, 0.15) is 15.8 Å². The summed E-state index contributed by atoms with van der Waals surface area (Å²) in [6.07, 6.45) is -0.471. The predicted molar refractivity (Wildman–Crippen MR) is 125 cm³/mol. The van der Waals surface area contributed by atoms with Crippen LogP contribution in [0.5, 0.6) is 0 Å². The molecule has 1 aliphatic rings. The molecule has 0 radical (unpaired) electrons. The molecule has 1 aliphatic heterocycles. The molecule has 0 amide bonds. The molecule has 1 unspecified atom stereocenters. The Morgan fingerprint density at radius 1 is 0.970 bits per heavy atom. The van der Waals surface area contributed by atoms with Gasteiger partial charge in [-0.1, -0.05) is 35.9 Å². The lowest BCUT2D eigenvalue weighted by Gasteiger charge is -2.35. The first-order valence-corrected chi connectivity index (χ1v) is 13.1. The van der Waals surface area contributed by atoms with Crippen molar-refractivity contribution in [1.29, 1.82) is 0 Å². The second-order valence-electron chi connectivity index (χ2n) is 7.69. The topological polar surface area (TPSA) is 49.9 Å². The fraction of sp³-hybridized carbons (Fsp3) is 0.304.